The number of ether oxygens (including phenoxy) is 3. The highest BCUT2D eigenvalue weighted by Crippen LogP contribution is 2.69. The topological polar surface area (TPSA) is 126 Å². The van der Waals surface area contributed by atoms with E-state index in [1.165, 1.54) is 57.8 Å². The van der Waals surface area contributed by atoms with Crippen LogP contribution in [0.2, 0.25) is 0 Å². The number of rotatable bonds is 26. The Morgan fingerprint density at radius 2 is 1.36 bits per heavy atom. The third-order valence-electron chi connectivity index (χ3n) is 15.2. The summed E-state index contributed by atoms with van der Waals surface area (Å²) in [5.41, 5.74) is 18.1. The maximum atomic E-state index is 13.9. The summed E-state index contributed by atoms with van der Waals surface area (Å²) in [7, 11) is 0. The van der Waals surface area contributed by atoms with Crippen LogP contribution in [0.3, 0.4) is 0 Å². The van der Waals surface area contributed by atoms with E-state index < -0.39 is 0 Å². The van der Waals surface area contributed by atoms with Gasteiger partial charge in [-0.2, -0.15) is 0 Å². The Labute approximate surface area is 326 Å². The van der Waals surface area contributed by atoms with Crippen molar-refractivity contribution in [2.75, 3.05) is 52.5 Å². The molecule has 6 N–H and O–H groups in total. The molecule has 4 aliphatic rings. The molecule has 1 unspecified atom stereocenters. The Bertz CT molecular complexity index is 1020. The first kappa shape index (κ1) is 44.9. The van der Waals surface area contributed by atoms with Crippen molar-refractivity contribution in [3.05, 3.63) is 0 Å². The Morgan fingerprint density at radius 1 is 0.736 bits per heavy atom. The van der Waals surface area contributed by atoms with Crippen LogP contribution in [0.1, 0.15) is 163 Å². The maximum absolute atomic E-state index is 13.9. The lowest BCUT2D eigenvalue weighted by Crippen LogP contribution is -2.63. The quantitative estimate of drug-likeness (QED) is 0.0759. The van der Waals surface area contributed by atoms with Gasteiger partial charge in [0, 0.05) is 44.7 Å². The van der Waals surface area contributed by atoms with Gasteiger partial charge in [-0.25, -0.2) is 0 Å². The molecule has 8 nitrogen and oxygen atoms in total. The SMILES string of the molecule is CCCCCCN(CCCCCC)C(=O)CC[C@@H](C)[C@H]1CC[C@H]2[C@@H]3[C@H](OCCCN)C[C@@H]4C[C@H](OCCCN)CC[C@]4(C)[C@H]3CC(OCCCN)[C@]12C. The van der Waals surface area contributed by atoms with Crippen LogP contribution in [0.5, 0.6) is 0 Å². The van der Waals surface area contributed by atoms with Crippen molar-refractivity contribution in [1.29, 1.82) is 0 Å². The number of nitrogens with zero attached hydrogens (tertiary/aromatic N) is 1. The molecule has 0 radical (unpaired) electrons. The molecule has 8 heteroatoms. The van der Waals surface area contributed by atoms with E-state index in [0.29, 0.717) is 73.6 Å². The van der Waals surface area contributed by atoms with Crippen LogP contribution in [-0.4, -0.2) is 81.7 Å². The Kier molecular flexibility index (Phi) is 19.4. The summed E-state index contributed by atoms with van der Waals surface area (Å²) in [4.78, 5) is 16.1. The molecule has 310 valence electrons. The van der Waals surface area contributed by atoms with Gasteiger partial charge in [-0.15, -0.1) is 0 Å². The van der Waals surface area contributed by atoms with Gasteiger partial charge in [0.05, 0.1) is 18.3 Å². The van der Waals surface area contributed by atoms with Crippen LogP contribution in [0.4, 0.5) is 0 Å². The largest absolute Gasteiger partial charge is 0.378 e. The van der Waals surface area contributed by atoms with Crippen LogP contribution in [0.15, 0.2) is 0 Å². The summed E-state index contributed by atoms with van der Waals surface area (Å²) in [6, 6.07) is 0. The fraction of sp³-hybridized carbons (Fsp3) is 0.978. The molecule has 1 amide bonds. The number of fused-ring (bicyclic) bond motifs is 5. The van der Waals surface area contributed by atoms with E-state index in [-0.39, 0.29) is 23.0 Å². The molecular formula is C45H86N4O4. The molecule has 4 fully saturated rings. The third-order valence-corrected chi connectivity index (χ3v) is 15.2. The normalized spacial score (nSPS) is 34.3. The zero-order valence-electron chi connectivity index (χ0n) is 35.3. The molecule has 4 saturated carbocycles. The van der Waals surface area contributed by atoms with Gasteiger partial charge in [0.15, 0.2) is 0 Å². The first-order valence-electron chi connectivity index (χ1n) is 22.9. The van der Waals surface area contributed by atoms with Crippen molar-refractivity contribution in [1.82, 2.24) is 4.90 Å². The number of unbranched alkanes of at least 4 members (excludes halogenated alkanes) is 6. The molecule has 11 atom stereocenters. The van der Waals surface area contributed by atoms with Crippen molar-refractivity contribution in [3.63, 3.8) is 0 Å². The zero-order chi connectivity index (χ0) is 38.3. The Balaban J connectivity index is 1.54. The van der Waals surface area contributed by atoms with Gasteiger partial charge < -0.3 is 36.3 Å². The second-order valence-electron chi connectivity index (χ2n) is 18.5. The molecule has 0 heterocycles. The molecular weight excluding hydrogens is 661 g/mol. The molecule has 0 aromatic carbocycles. The highest BCUT2D eigenvalue weighted by molar-refractivity contribution is 5.76. The molecule has 4 rings (SSSR count). The predicted molar refractivity (Wildman–Crippen MR) is 219 cm³/mol. The van der Waals surface area contributed by atoms with Gasteiger partial charge in [0.2, 0.25) is 5.91 Å². The van der Waals surface area contributed by atoms with Crippen molar-refractivity contribution >= 4 is 5.91 Å². The highest BCUT2D eigenvalue weighted by atomic mass is 16.5. The number of hydrogen-bond acceptors (Lipinski definition) is 7. The first-order valence-corrected chi connectivity index (χ1v) is 22.9. The zero-order valence-corrected chi connectivity index (χ0v) is 35.3. The first-order chi connectivity index (χ1) is 25.7. The summed E-state index contributed by atoms with van der Waals surface area (Å²) in [5, 5.41) is 0. The Hall–Kier alpha value is -0.770. The van der Waals surface area contributed by atoms with Gasteiger partial charge in [-0.05, 0) is 144 Å². The van der Waals surface area contributed by atoms with E-state index in [4.69, 9.17) is 31.4 Å². The molecule has 4 aliphatic carbocycles. The fourth-order valence-corrected chi connectivity index (χ4v) is 12.1. The van der Waals surface area contributed by atoms with Gasteiger partial charge >= 0.3 is 0 Å². The van der Waals surface area contributed by atoms with Crippen molar-refractivity contribution < 1.29 is 19.0 Å². The van der Waals surface area contributed by atoms with Gasteiger partial charge in [0.25, 0.3) is 0 Å². The molecule has 0 aromatic rings. The standard InChI is InChI=1S/C45H86N4O4/c1-6-8-10-12-26-49(27-13-11-9-7-2)42(50)20-17-34(3)37-18-19-38-43-39(33-41(45(37,38)5)53-30-16-25-48)44(4)22-21-36(51-28-14-23-46)31-35(44)32-40(43)52-29-15-24-47/h34-41,43H,6-33,46-48H2,1-5H3/t34-,35+,36-,37-,38+,39+,40-,41?,43+,44+,45-/m1/s1. The summed E-state index contributed by atoms with van der Waals surface area (Å²) >= 11 is 0. The van der Waals surface area contributed by atoms with E-state index in [9.17, 15) is 4.79 Å². The predicted octanol–water partition coefficient (Wildman–Crippen LogP) is 8.47. The highest BCUT2D eigenvalue weighted by Gasteiger charge is 2.66. The summed E-state index contributed by atoms with van der Waals surface area (Å²) in [6.45, 7) is 18.3. The maximum Gasteiger partial charge on any atom is 0.222 e. The molecule has 0 aromatic heterocycles. The lowest BCUT2D eigenvalue weighted by Gasteiger charge is -2.65. The average molecular weight is 747 g/mol. The second-order valence-corrected chi connectivity index (χ2v) is 18.5. The van der Waals surface area contributed by atoms with Crippen LogP contribution in [0.25, 0.3) is 0 Å². The molecule has 0 spiro atoms. The number of amides is 1. The smallest absolute Gasteiger partial charge is 0.222 e. The fourth-order valence-electron chi connectivity index (χ4n) is 12.1. The number of nitrogens with two attached hydrogens (primary N) is 3. The third kappa shape index (κ3) is 11.4. The van der Waals surface area contributed by atoms with Crippen LogP contribution in [-0.2, 0) is 19.0 Å². The minimum absolute atomic E-state index is 0.0550. The minimum atomic E-state index is 0.0550. The molecule has 53 heavy (non-hydrogen) atoms. The van der Waals surface area contributed by atoms with Crippen LogP contribution in [0, 0.1) is 46.3 Å². The Morgan fingerprint density at radius 3 is 1.98 bits per heavy atom. The van der Waals surface area contributed by atoms with Crippen LogP contribution < -0.4 is 17.2 Å². The molecule has 0 saturated heterocycles. The van der Waals surface area contributed by atoms with Crippen molar-refractivity contribution in [2.45, 2.75) is 181 Å². The minimum Gasteiger partial charge on any atom is -0.378 e. The van der Waals surface area contributed by atoms with E-state index in [0.717, 1.165) is 97.1 Å². The molecule has 0 aliphatic heterocycles. The van der Waals surface area contributed by atoms with E-state index in [1.807, 2.05) is 0 Å². The summed E-state index contributed by atoms with van der Waals surface area (Å²) in [5.74, 6) is 3.63. The van der Waals surface area contributed by atoms with E-state index in [1.54, 1.807) is 0 Å². The van der Waals surface area contributed by atoms with Crippen molar-refractivity contribution in [3.8, 4) is 0 Å². The number of carbonyl (C=O) groups excluding carboxylic acids is 1. The van der Waals surface area contributed by atoms with Crippen molar-refractivity contribution in [2.24, 2.45) is 63.5 Å². The van der Waals surface area contributed by atoms with Gasteiger partial charge in [0.1, 0.15) is 0 Å². The summed E-state index contributed by atoms with van der Waals surface area (Å²) < 4.78 is 20.4. The lowest BCUT2D eigenvalue weighted by molar-refractivity contribution is -0.227. The van der Waals surface area contributed by atoms with E-state index >= 15 is 0 Å². The molecule has 0 bridgehead atoms. The van der Waals surface area contributed by atoms with Gasteiger partial charge in [-0.3, -0.25) is 4.79 Å². The summed E-state index contributed by atoms with van der Waals surface area (Å²) in [6.07, 6.45) is 23.0. The lowest BCUT2D eigenvalue weighted by atomic mass is 9.43. The number of hydrogen-bond donors (Lipinski definition) is 3. The van der Waals surface area contributed by atoms with Gasteiger partial charge in [-0.1, -0.05) is 73.1 Å². The number of carbonyl (C=O) groups is 1. The van der Waals surface area contributed by atoms with Crippen LogP contribution >= 0.6 is 0 Å². The monoisotopic (exact) mass is 747 g/mol. The van der Waals surface area contributed by atoms with E-state index in [2.05, 4.69) is 39.5 Å². The second kappa shape index (κ2) is 22.8. The average Bonchev–Trinajstić information content (AvgIpc) is 3.51.